The van der Waals surface area contributed by atoms with Gasteiger partial charge in [0.05, 0.1) is 18.9 Å². The van der Waals surface area contributed by atoms with Crippen LogP contribution in [0.4, 0.5) is 5.95 Å². The van der Waals surface area contributed by atoms with Gasteiger partial charge in [0, 0.05) is 6.54 Å². The molecule has 0 bridgehead atoms. The van der Waals surface area contributed by atoms with Crippen molar-refractivity contribution in [1.29, 1.82) is 0 Å². The Labute approximate surface area is 111 Å². The average molecular weight is 287 g/mol. The van der Waals surface area contributed by atoms with E-state index < -0.39 is 15.9 Å². The topological polar surface area (TPSA) is 127 Å². The smallest absolute Gasteiger partial charge is 0.244 e. The molecule has 9 heteroatoms. The molecule has 19 heavy (non-hydrogen) atoms. The lowest BCUT2D eigenvalue weighted by Gasteiger charge is -2.09. The first-order chi connectivity index (χ1) is 8.81. The van der Waals surface area contributed by atoms with Crippen LogP contribution in [0, 0.1) is 5.92 Å². The number of nitrogens with two attached hydrogens (primary N) is 1. The van der Waals surface area contributed by atoms with Crippen molar-refractivity contribution in [2.45, 2.75) is 18.7 Å². The summed E-state index contributed by atoms with van der Waals surface area (Å²) in [5, 5.41) is 2.60. The Kier molecular flexibility index (Phi) is 5.19. The van der Waals surface area contributed by atoms with E-state index in [1.165, 1.54) is 0 Å². The number of carbonyl (C=O) groups excluding carboxylic acids is 1. The Morgan fingerprint density at radius 2 is 1.95 bits per heavy atom. The van der Waals surface area contributed by atoms with E-state index in [9.17, 15) is 13.2 Å². The van der Waals surface area contributed by atoms with Crippen molar-refractivity contribution >= 4 is 21.9 Å². The summed E-state index contributed by atoms with van der Waals surface area (Å²) in [6, 6.07) is 0. The van der Waals surface area contributed by atoms with Crippen LogP contribution in [0.5, 0.6) is 0 Å². The van der Waals surface area contributed by atoms with Crippen LogP contribution >= 0.6 is 0 Å². The number of carbonyl (C=O) groups is 1. The molecule has 0 atom stereocenters. The lowest BCUT2D eigenvalue weighted by atomic mass is 10.2. The Balaban J connectivity index is 2.56. The molecule has 8 nitrogen and oxygen atoms in total. The molecule has 0 unspecified atom stereocenters. The minimum Gasteiger partial charge on any atom is -0.368 e. The lowest BCUT2D eigenvalue weighted by Crippen LogP contribution is -2.38. The highest BCUT2D eigenvalue weighted by Crippen LogP contribution is 2.05. The van der Waals surface area contributed by atoms with Crippen molar-refractivity contribution in [1.82, 2.24) is 20.0 Å². The maximum absolute atomic E-state index is 11.8. The first-order valence-electron chi connectivity index (χ1n) is 5.65. The second-order valence-corrected chi connectivity index (χ2v) is 6.07. The molecule has 1 rings (SSSR count). The van der Waals surface area contributed by atoms with Gasteiger partial charge in [-0.1, -0.05) is 13.8 Å². The molecule has 0 radical (unpaired) electrons. The maximum atomic E-state index is 11.8. The summed E-state index contributed by atoms with van der Waals surface area (Å²) >= 11 is 0. The van der Waals surface area contributed by atoms with Crippen LogP contribution in [0.25, 0.3) is 0 Å². The third-order valence-electron chi connectivity index (χ3n) is 2.09. The maximum Gasteiger partial charge on any atom is 0.244 e. The molecular weight excluding hydrogens is 270 g/mol. The summed E-state index contributed by atoms with van der Waals surface area (Å²) in [7, 11) is -3.80. The summed E-state index contributed by atoms with van der Waals surface area (Å²) in [5.74, 6) is -0.117. The zero-order chi connectivity index (χ0) is 14.5. The predicted molar refractivity (Wildman–Crippen MR) is 69.5 cm³/mol. The lowest BCUT2D eigenvalue weighted by molar-refractivity contribution is -0.120. The van der Waals surface area contributed by atoms with Crippen molar-refractivity contribution in [3.63, 3.8) is 0 Å². The minimum atomic E-state index is -3.80. The van der Waals surface area contributed by atoms with Gasteiger partial charge in [-0.05, 0) is 5.92 Å². The molecule has 0 saturated heterocycles. The third-order valence-corrected chi connectivity index (χ3v) is 3.44. The Morgan fingerprint density at radius 3 is 2.47 bits per heavy atom. The highest BCUT2D eigenvalue weighted by Gasteiger charge is 2.16. The molecule has 4 N–H and O–H groups in total. The fourth-order valence-corrected chi connectivity index (χ4v) is 1.96. The summed E-state index contributed by atoms with van der Waals surface area (Å²) in [6.45, 7) is 4.04. The number of rotatable bonds is 6. The number of nitrogens with one attached hydrogen (secondary N) is 2. The molecular formula is C10H17N5O3S. The molecule has 0 fully saturated rings. The summed E-state index contributed by atoms with van der Waals surface area (Å²) in [5.41, 5.74) is 5.26. The fourth-order valence-electron chi connectivity index (χ4n) is 1.09. The summed E-state index contributed by atoms with van der Waals surface area (Å²) in [4.78, 5) is 18.4. The van der Waals surface area contributed by atoms with Crippen LogP contribution in [0.1, 0.15) is 13.8 Å². The highest BCUT2D eigenvalue weighted by atomic mass is 32.2. The molecule has 0 aliphatic heterocycles. The van der Waals surface area contributed by atoms with E-state index in [4.69, 9.17) is 5.73 Å². The molecule has 0 saturated carbocycles. The van der Waals surface area contributed by atoms with Crippen LogP contribution in [-0.2, 0) is 14.8 Å². The SMILES string of the molecule is CC(C)CNC(=O)CNS(=O)(=O)c1cnc(N)nc1. The molecule has 106 valence electrons. The van der Waals surface area contributed by atoms with Crippen LogP contribution in [0.15, 0.2) is 17.3 Å². The number of nitrogens with zero attached hydrogens (tertiary/aromatic N) is 2. The van der Waals surface area contributed by atoms with Crippen molar-refractivity contribution < 1.29 is 13.2 Å². The summed E-state index contributed by atoms with van der Waals surface area (Å²) < 4.78 is 25.7. The van der Waals surface area contributed by atoms with Gasteiger partial charge in [0.2, 0.25) is 21.9 Å². The molecule has 1 amide bonds. The van der Waals surface area contributed by atoms with Gasteiger partial charge in [-0.3, -0.25) is 4.79 Å². The molecule has 1 heterocycles. The number of anilines is 1. The zero-order valence-electron chi connectivity index (χ0n) is 10.8. The van der Waals surface area contributed by atoms with Crippen LogP contribution in [0.3, 0.4) is 0 Å². The van der Waals surface area contributed by atoms with Gasteiger partial charge < -0.3 is 11.1 Å². The second kappa shape index (κ2) is 6.43. The first kappa shape index (κ1) is 15.3. The van der Waals surface area contributed by atoms with Crippen molar-refractivity contribution in [2.75, 3.05) is 18.8 Å². The first-order valence-corrected chi connectivity index (χ1v) is 7.13. The number of sulfonamides is 1. The molecule has 0 aliphatic rings. The largest absolute Gasteiger partial charge is 0.368 e. The highest BCUT2D eigenvalue weighted by molar-refractivity contribution is 7.89. The fraction of sp³-hybridized carbons (Fsp3) is 0.500. The standard InChI is InChI=1S/C10H17N5O3S/c1-7(2)3-12-9(16)6-15-19(17,18)8-4-13-10(11)14-5-8/h4-5,7,15H,3,6H2,1-2H3,(H,12,16)(H2,11,13,14). The molecule has 1 aromatic rings. The monoisotopic (exact) mass is 287 g/mol. The Hall–Kier alpha value is -1.74. The van der Waals surface area contributed by atoms with Crippen molar-refractivity contribution in [3.8, 4) is 0 Å². The molecule has 1 aromatic heterocycles. The van der Waals surface area contributed by atoms with Gasteiger partial charge in [-0.2, -0.15) is 0 Å². The number of nitrogen functional groups attached to an aromatic ring is 1. The number of amides is 1. The van der Waals surface area contributed by atoms with E-state index in [0.29, 0.717) is 12.5 Å². The number of hydrogen-bond acceptors (Lipinski definition) is 6. The van der Waals surface area contributed by atoms with Crippen LogP contribution < -0.4 is 15.8 Å². The number of aromatic nitrogens is 2. The van der Waals surface area contributed by atoms with Crippen LogP contribution in [-0.4, -0.2) is 37.4 Å². The van der Waals surface area contributed by atoms with E-state index >= 15 is 0 Å². The summed E-state index contributed by atoms with van der Waals surface area (Å²) in [6.07, 6.45) is 2.16. The van der Waals surface area contributed by atoms with E-state index in [2.05, 4.69) is 20.0 Å². The zero-order valence-corrected chi connectivity index (χ0v) is 11.6. The van der Waals surface area contributed by atoms with Crippen molar-refractivity contribution in [3.05, 3.63) is 12.4 Å². The van der Waals surface area contributed by atoms with Crippen molar-refractivity contribution in [2.24, 2.45) is 5.92 Å². The van der Waals surface area contributed by atoms with E-state index in [-0.39, 0.29) is 17.4 Å². The van der Waals surface area contributed by atoms with Gasteiger partial charge in [0.1, 0.15) is 4.90 Å². The van der Waals surface area contributed by atoms with Gasteiger partial charge in [0.25, 0.3) is 0 Å². The molecule has 0 aromatic carbocycles. The van der Waals surface area contributed by atoms with E-state index in [0.717, 1.165) is 12.4 Å². The predicted octanol–water partition coefficient (Wildman–Crippen LogP) is -0.891. The van der Waals surface area contributed by atoms with Gasteiger partial charge >= 0.3 is 0 Å². The van der Waals surface area contributed by atoms with Gasteiger partial charge in [0.15, 0.2) is 0 Å². The van der Waals surface area contributed by atoms with Crippen LogP contribution in [0.2, 0.25) is 0 Å². The third kappa shape index (κ3) is 5.18. The van der Waals surface area contributed by atoms with E-state index in [1.807, 2.05) is 13.8 Å². The average Bonchev–Trinajstić information content (AvgIpc) is 2.34. The second-order valence-electron chi connectivity index (χ2n) is 4.30. The Bertz CT molecular complexity index is 527. The quantitative estimate of drug-likeness (QED) is 0.623. The van der Waals surface area contributed by atoms with E-state index in [1.54, 1.807) is 0 Å². The Morgan fingerprint density at radius 1 is 1.37 bits per heavy atom. The molecule has 0 aliphatic carbocycles. The minimum absolute atomic E-state index is 0.0198. The van der Waals surface area contributed by atoms with Gasteiger partial charge in [-0.15, -0.1) is 0 Å². The normalized spacial score (nSPS) is 11.5. The number of hydrogen-bond donors (Lipinski definition) is 3. The van der Waals surface area contributed by atoms with Gasteiger partial charge in [-0.25, -0.2) is 23.1 Å². The molecule has 0 spiro atoms.